The first kappa shape index (κ1) is 9.51. The maximum Gasteiger partial charge on any atom is 0.213 e. The molecule has 1 heterocycles. The zero-order valence-electron chi connectivity index (χ0n) is 7.61. The number of rotatable bonds is 4. The SMILES string of the molecule is COc1ccc(OC)c(CC=O)n1. The van der Waals surface area contributed by atoms with Gasteiger partial charge in [0, 0.05) is 12.5 Å². The Labute approximate surface area is 76.5 Å². The Bertz CT molecular complexity index is 299. The van der Waals surface area contributed by atoms with E-state index < -0.39 is 0 Å². The van der Waals surface area contributed by atoms with Gasteiger partial charge in [0.1, 0.15) is 12.0 Å². The predicted molar refractivity (Wildman–Crippen MR) is 47.1 cm³/mol. The molecule has 0 aliphatic rings. The molecule has 4 nitrogen and oxygen atoms in total. The van der Waals surface area contributed by atoms with Gasteiger partial charge in [0.05, 0.1) is 19.9 Å². The third kappa shape index (κ3) is 2.18. The van der Waals surface area contributed by atoms with Gasteiger partial charge in [-0.25, -0.2) is 4.98 Å². The Hall–Kier alpha value is -1.58. The van der Waals surface area contributed by atoms with Crippen molar-refractivity contribution in [3.8, 4) is 11.6 Å². The molecule has 0 aliphatic heterocycles. The zero-order valence-corrected chi connectivity index (χ0v) is 7.61. The second-order valence-electron chi connectivity index (χ2n) is 2.37. The van der Waals surface area contributed by atoms with E-state index in [0.717, 1.165) is 6.29 Å². The van der Waals surface area contributed by atoms with Gasteiger partial charge in [-0.15, -0.1) is 0 Å². The smallest absolute Gasteiger partial charge is 0.213 e. The van der Waals surface area contributed by atoms with Gasteiger partial charge < -0.3 is 14.3 Å². The van der Waals surface area contributed by atoms with Gasteiger partial charge in [0.2, 0.25) is 5.88 Å². The van der Waals surface area contributed by atoms with Crippen LogP contribution in [-0.4, -0.2) is 25.5 Å². The van der Waals surface area contributed by atoms with Crippen LogP contribution in [0.1, 0.15) is 5.69 Å². The minimum Gasteiger partial charge on any atom is -0.495 e. The van der Waals surface area contributed by atoms with Crippen molar-refractivity contribution in [3.63, 3.8) is 0 Å². The monoisotopic (exact) mass is 181 g/mol. The van der Waals surface area contributed by atoms with Crippen LogP contribution in [0.4, 0.5) is 0 Å². The summed E-state index contributed by atoms with van der Waals surface area (Å²) in [5.41, 5.74) is 0.594. The van der Waals surface area contributed by atoms with E-state index in [1.54, 1.807) is 12.1 Å². The Morgan fingerprint density at radius 2 is 2.15 bits per heavy atom. The van der Waals surface area contributed by atoms with Crippen LogP contribution in [0.3, 0.4) is 0 Å². The first-order valence-corrected chi connectivity index (χ1v) is 3.83. The molecule has 0 aliphatic carbocycles. The van der Waals surface area contributed by atoms with Crippen LogP contribution in [0.25, 0.3) is 0 Å². The maximum absolute atomic E-state index is 10.3. The lowest BCUT2D eigenvalue weighted by Gasteiger charge is -2.06. The molecule has 0 amide bonds. The average molecular weight is 181 g/mol. The molecule has 1 aromatic rings. The molecule has 0 spiro atoms. The number of carbonyl (C=O) groups excluding carboxylic acids is 1. The molecular weight excluding hydrogens is 170 g/mol. The van der Waals surface area contributed by atoms with Crippen LogP contribution in [0, 0.1) is 0 Å². The number of carbonyl (C=O) groups is 1. The molecule has 0 aromatic carbocycles. The minimum atomic E-state index is 0.236. The molecule has 1 aromatic heterocycles. The average Bonchev–Trinajstić information content (AvgIpc) is 2.18. The number of hydrogen-bond acceptors (Lipinski definition) is 4. The van der Waals surface area contributed by atoms with Gasteiger partial charge in [0.25, 0.3) is 0 Å². The predicted octanol–water partition coefficient (Wildman–Crippen LogP) is 0.840. The van der Waals surface area contributed by atoms with Crippen LogP contribution in [0.15, 0.2) is 12.1 Å². The number of methoxy groups -OCH3 is 2. The summed E-state index contributed by atoms with van der Waals surface area (Å²) in [6, 6.07) is 3.41. The second kappa shape index (κ2) is 4.45. The maximum atomic E-state index is 10.3. The third-order valence-corrected chi connectivity index (χ3v) is 1.61. The van der Waals surface area contributed by atoms with Gasteiger partial charge in [-0.3, -0.25) is 0 Å². The van der Waals surface area contributed by atoms with Crippen molar-refractivity contribution in [1.82, 2.24) is 4.98 Å². The normalized spacial score (nSPS) is 9.38. The Morgan fingerprint density at radius 3 is 2.69 bits per heavy atom. The quantitative estimate of drug-likeness (QED) is 0.646. The van der Waals surface area contributed by atoms with Crippen molar-refractivity contribution in [2.45, 2.75) is 6.42 Å². The van der Waals surface area contributed by atoms with Crippen LogP contribution in [0.2, 0.25) is 0 Å². The van der Waals surface area contributed by atoms with E-state index in [-0.39, 0.29) is 6.42 Å². The minimum absolute atomic E-state index is 0.236. The summed E-state index contributed by atoms with van der Waals surface area (Å²) < 4.78 is 9.94. The number of hydrogen-bond donors (Lipinski definition) is 0. The largest absolute Gasteiger partial charge is 0.495 e. The first-order chi connectivity index (χ1) is 6.31. The highest BCUT2D eigenvalue weighted by molar-refractivity contribution is 5.56. The van der Waals surface area contributed by atoms with Crippen molar-refractivity contribution in [3.05, 3.63) is 17.8 Å². The molecular formula is C9H11NO3. The number of ether oxygens (including phenoxy) is 2. The highest BCUT2D eigenvalue weighted by Crippen LogP contribution is 2.19. The third-order valence-electron chi connectivity index (χ3n) is 1.61. The van der Waals surface area contributed by atoms with E-state index in [1.165, 1.54) is 14.2 Å². The summed E-state index contributed by atoms with van der Waals surface area (Å²) in [7, 11) is 3.07. The Morgan fingerprint density at radius 1 is 1.38 bits per heavy atom. The van der Waals surface area contributed by atoms with E-state index in [4.69, 9.17) is 9.47 Å². The van der Waals surface area contributed by atoms with E-state index in [9.17, 15) is 4.79 Å². The number of pyridine rings is 1. The van der Waals surface area contributed by atoms with Crippen molar-refractivity contribution >= 4 is 6.29 Å². The highest BCUT2D eigenvalue weighted by Gasteiger charge is 2.05. The zero-order chi connectivity index (χ0) is 9.68. The van der Waals surface area contributed by atoms with Gasteiger partial charge in [0.15, 0.2) is 0 Å². The van der Waals surface area contributed by atoms with Crippen LogP contribution >= 0.6 is 0 Å². The van der Waals surface area contributed by atoms with Crippen molar-refractivity contribution in [2.24, 2.45) is 0 Å². The van der Waals surface area contributed by atoms with Crippen LogP contribution < -0.4 is 9.47 Å². The van der Waals surface area contributed by atoms with Crippen molar-refractivity contribution in [1.29, 1.82) is 0 Å². The highest BCUT2D eigenvalue weighted by atomic mass is 16.5. The van der Waals surface area contributed by atoms with Crippen molar-refractivity contribution in [2.75, 3.05) is 14.2 Å². The molecule has 70 valence electrons. The first-order valence-electron chi connectivity index (χ1n) is 3.83. The molecule has 0 bridgehead atoms. The van der Waals surface area contributed by atoms with Crippen LogP contribution in [-0.2, 0) is 11.2 Å². The molecule has 4 heteroatoms. The molecule has 0 saturated carbocycles. The molecule has 0 atom stereocenters. The number of aldehydes is 1. The summed E-state index contributed by atoms with van der Waals surface area (Å²) in [5, 5.41) is 0. The van der Waals surface area contributed by atoms with Gasteiger partial charge in [-0.2, -0.15) is 0 Å². The summed E-state index contributed by atoms with van der Waals surface area (Å²) in [4.78, 5) is 14.4. The Balaban J connectivity index is 3.01. The Kier molecular flexibility index (Phi) is 3.25. The van der Waals surface area contributed by atoms with Gasteiger partial charge in [-0.1, -0.05) is 0 Å². The fraction of sp³-hybridized carbons (Fsp3) is 0.333. The molecule has 1 rings (SSSR count). The van der Waals surface area contributed by atoms with Gasteiger partial charge in [-0.05, 0) is 6.07 Å². The van der Waals surface area contributed by atoms with E-state index in [1.807, 2.05) is 0 Å². The summed E-state index contributed by atoms with van der Waals surface area (Å²) >= 11 is 0. The van der Waals surface area contributed by atoms with E-state index in [0.29, 0.717) is 17.3 Å². The van der Waals surface area contributed by atoms with E-state index in [2.05, 4.69) is 4.98 Å². The molecule has 0 radical (unpaired) electrons. The second-order valence-corrected chi connectivity index (χ2v) is 2.37. The number of nitrogens with zero attached hydrogens (tertiary/aromatic N) is 1. The molecule has 13 heavy (non-hydrogen) atoms. The topological polar surface area (TPSA) is 48.4 Å². The van der Waals surface area contributed by atoms with Crippen molar-refractivity contribution < 1.29 is 14.3 Å². The van der Waals surface area contributed by atoms with Gasteiger partial charge >= 0.3 is 0 Å². The number of aromatic nitrogens is 1. The lowest BCUT2D eigenvalue weighted by atomic mass is 10.2. The summed E-state index contributed by atoms with van der Waals surface area (Å²) in [6.07, 6.45) is 1.02. The molecule has 0 saturated heterocycles. The molecule has 0 unspecified atom stereocenters. The summed E-state index contributed by atoms with van der Waals surface area (Å²) in [5.74, 6) is 1.09. The lowest BCUT2D eigenvalue weighted by Crippen LogP contribution is -1.98. The standard InChI is InChI=1S/C9H11NO3/c1-12-8-3-4-9(13-2)10-7(8)5-6-11/h3-4,6H,5H2,1-2H3. The lowest BCUT2D eigenvalue weighted by molar-refractivity contribution is -0.107. The molecule has 0 N–H and O–H groups in total. The summed E-state index contributed by atoms with van der Waals surface area (Å²) in [6.45, 7) is 0. The molecule has 0 fully saturated rings. The van der Waals surface area contributed by atoms with Crippen LogP contribution in [0.5, 0.6) is 11.6 Å². The fourth-order valence-corrected chi connectivity index (χ4v) is 0.993. The van der Waals surface area contributed by atoms with E-state index >= 15 is 0 Å². The fourth-order valence-electron chi connectivity index (χ4n) is 0.993.